The molecule has 0 unspecified atom stereocenters. The van der Waals surface area contributed by atoms with E-state index in [0.717, 1.165) is 6.26 Å². The molecule has 0 saturated heterocycles. The van der Waals surface area contributed by atoms with Crippen molar-refractivity contribution >= 4 is 15.6 Å². The highest BCUT2D eigenvalue weighted by molar-refractivity contribution is 7.92. The van der Waals surface area contributed by atoms with Crippen molar-refractivity contribution in [1.82, 2.24) is 0 Å². The molecule has 0 radical (unpaired) electrons. The normalized spacial score (nSPS) is 15.5. The first-order chi connectivity index (χ1) is 5.60. The molecule has 4 nitrogen and oxygen atoms in total. The van der Waals surface area contributed by atoms with Gasteiger partial charge in [0.25, 0.3) is 0 Å². The topological polar surface area (TPSA) is 71.4 Å². The Labute approximate surface area is 78.9 Å². The number of rotatable bonds is 3. The smallest absolute Gasteiger partial charge is 0.159 e. The van der Waals surface area contributed by atoms with E-state index >= 15 is 0 Å². The first-order valence-corrected chi connectivity index (χ1v) is 5.90. The van der Waals surface area contributed by atoms with Gasteiger partial charge in [0.05, 0.1) is 6.61 Å². The summed E-state index contributed by atoms with van der Waals surface area (Å²) in [7, 11) is -3.50. The average molecular weight is 208 g/mol. The van der Waals surface area contributed by atoms with Gasteiger partial charge < -0.3 is 5.11 Å². The Morgan fingerprint density at radius 1 is 1.38 bits per heavy atom. The van der Waals surface area contributed by atoms with Crippen LogP contribution in [0.25, 0.3) is 0 Å². The fraction of sp³-hybridized carbons (Fsp3) is 0.875. The van der Waals surface area contributed by atoms with Gasteiger partial charge in [0.1, 0.15) is 5.25 Å². The summed E-state index contributed by atoms with van der Waals surface area (Å²) in [6.07, 6.45) is 0.956. The zero-order valence-corrected chi connectivity index (χ0v) is 9.18. The van der Waals surface area contributed by atoms with Crippen molar-refractivity contribution < 1.29 is 18.3 Å². The third kappa shape index (κ3) is 3.44. The monoisotopic (exact) mass is 208 g/mol. The van der Waals surface area contributed by atoms with Crippen LogP contribution < -0.4 is 0 Å². The fourth-order valence-corrected chi connectivity index (χ4v) is 1.91. The summed E-state index contributed by atoms with van der Waals surface area (Å²) in [5.41, 5.74) is -0.740. The van der Waals surface area contributed by atoms with E-state index in [0.29, 0.717) is 0 Å². The molecule has 0 aliphatic heterocycles. The average Bonchev–Trinajstić information content (AvgIpc) is 1.83. The van der Waals surface area contributed by atoms with Crippen LogP contribution in [0.4, 0.5) is 0 Å². The van der Waals surface area contributed by atoms with Crippen molar-refractivity contribution in [2.45, 2.75) is 26.0 Å². The molecule has 0 rings (SSSR count). The van der Waals surface area contributed by atoms with E-state index in [1.54, 1.807) is 20.8 Å². The lowest BCUT2D eigenvalue weighted by Gasteiger charge is -2.21. The molecule has 0 aromatic carbocycles. The number of Topliss-reactive ketones (excluding diaryl/α,β-unsaturated/α-hetero) is 1. The molecule has 0 amide bonds. The summed E-state index contributed by atoms with van der Waals surface area (Å²) in [4.78, 5) is 11.5. The minimum atomic E-state index is -3.50. The second-order valence-corrected chi connectivity index (χ2v) is 6.34. The quantitative estimate of drug-likeness (QED) is 0.709. The van der Waals surface area contributed by atoms with Crippen LogP contribution in [0, 0.1) is 5.41 Å². The highest BCUT2D eigenvalue weighted by atomic mass is 32.2. The second-order valence-electron chi connectivity index (χ2n) is 4.11. The fourth-order valence-electron chi connectivity index (χ4n) is 0.896. The first kappa shape index (κ1) is 12.6. The Kier molecular flexibility index (Phi) is 3.63. The van der Waals surface area contributed by atoms with Gasteiger partial charge in [0, 0.05) is 11.7 Å². The van der Waals surface area contributed by atoms with Gasteiger partial charge in [-0.25, -0.2) is 8.42 Å². The van der Waals surface area contributed by atoms with Crippen LogP contribution in [0.2, 0.25) is 0 Å². The number of carbonyl (C=O) groups is 1. The van der Waals surface area contributed by atoms with Crippen molar-refractivity contribution in [3.63, 3.8) is 0 Å². The Bertz CT molecular complexity index is 284. The summed E-state index contributed by atoms with van der Waals surface area (Å²) < 4.78 is 22.1. The maximum atomic E-state index is 11.5. The van der Waals surface area contributed by atoms with Crippen LogP contribution in [0.3, 0.4) is 0 Å². The number of sulfone groups is 1. The molecule has 0 aliphatic carbocycles. The number of aliphatic hydroxyl groups excluding tert-OH is 1. The van der Waals surface area contributed by atoms with E-state index in [4.69, 9.17) is 5.11 Å². The first-order valence-electron chi connectivity index (χ1n) is 3.94. The lowest BCUT2D eigenvalue weighted by molar-refractivity contribution is -0.126. The van der Waals surface area contributed by atoms with Crippen LogP contribution in [-0.2, 0) is 14.6 Å². The Balaban J connectivity index is 4.94. The molecule has 0 saturated carbocycles. The minimum absolute atomic E-state index is 0.447. The summed E-state index contributed by atoms with van der Waals surface area (Å²) in [6, 6.07) is 0. The molecule has 78 valence electrons. The molecule has 0 heterocycles. The predicted octanol–water partition coefficient (Wildman–Crippen LogP) is 0.00710. The summed E-state index contributed by atoms with van der Waals surface area (Å²) >= 11 is 0. The Hall–Kier alpha value is -0.420. The molecule has 0 fully saturated rings. The molecule has 5 heteroatoms. The molecule has 1 N–H and O–H groups in total. The maximum Gasteiger partial charge on any atom is 0.159 e. The van der Waals surface area contributed by atoms with E-state index in [9.17, 15) is 13.2 Å². The van der Waals surface area contributed by atoms with Crippen molar-refractivity contribution in [1.29, 1.82) is 0 Å². The SMILES string of the molecule is CC(C)(C)C(=O)[C@H](CO)S(C)(=O)=O. The van der Waals surface area contributed by atoms with E-state index in [-0.39, 0.29) is 0 Å². The summed E-state index contributed by atoms with van der Waals surface area (Å²) in [5.74, 6) is -0.447. The molecule has 0 aromatic rings. The zero-order valence-electron chi connectivity index (χ0n) is 8.36. The van der Waals surface area contributed by atoms with E-state index in [2.05, 4.69) is 0 Å². The van der Waals surface area contributed by atoms with Crippen LogP contribution >= 0.6 is 0 Å². The lowest BCUT2D eigenvalue weighted by atomic mass is 9.89. The molecule has 1 atom stereocenters. The number of hydrogen-bond acceptors (Lipinski definition) is 4. The zero-order chi connectivity index (χ0) is 10.9. The number of hydrogen-bond donors (Lipinski definition) is 1. The van der Waals surface area contributed by atoms with Gasteiger partial charge in [0.15, 0.2) is 15.6 Å². The number of aliphatic hydroxyl groups is 1. The van der Waals surface area contributed by atoms with Gasteiger partial charge in [0.2, 0.25) is 0 Å². The Morgan fingerprint density at radius 3 is 1.85 bits per heavy atom. The van der Waals surface area contributed by atoms with Gasteiger partial charge in [-0.3, -0.25) is 4.79 Å². The van der Waals surface area contributed by atoms with Gasteiger partial charge in [-0.1, -0.05) is 20.8 Å². The molecular weight excluding hydrogens is 192 g/mol. The van der Waals surface area contributed by atoms with Crippen LogP contribution in [0.15, 0.2) is 0 Å². The van der Waals surface area contributed by atoms with Gasteiger partial charge in [-0.05, 0) is 0 Å². The summed E-state index contributed by atoms with van der Waals surface area (Å²) in [6.45, 7) is 4.24. The van der Waals surface area contributed by atoms with Gasteiger partial charge in [-0.15, -0.1) is 0 Å². The molecule has 13 heavy (non-hydrogen) atoms. The van der Waals surface area contributed by atoms with E-state index < -0.39 is 32.9 Å². The number of carbonyl (C=O) groups excluding carboxylic acids is 1. The largest absolute Gasteiger partial charge is 0.395 e. The molecular formula is C8H16O4S. The van der Waals surface area contributed by atoms with Gasteiger partial charge >= 0.3 is 0 Å². The number of ketones is 1. The second kappa shape index (κ2) is 3.75. The third-order valence-corrected chi connectivity index (χ3v) is 3.11. The molecule has 0 aliphatic rings. The molecule has 0 spiro atoms. The third-order valence-electron chi connectivity index (χ3n) is 1.71. The lowest BCUT2D eigenvalue weighted by Crippen LogP contribution is -2.40. The van der Waals surface area contributed by atoms with Crippen molar-refractivity contribution in [2.75, 3.05) is 12.9 Å². The van der Waals surface area contributed by atoms with Crippen molar-refractivity contribution in [3.05, 3.63) is 0 Å². The van der Waals surface area contributed by atoms with E-state index in [1.165, 1.54) is 0 Å². The maximum absolute atomic E-state index is 11.5. The Morgan fingerprint density at radius 2 is 1.77 bits per heavy atom. The summed E-state index contributed by atoms with van der Waals surface area (Å²) in [5, 5.41) is 7.51. The van der Waals surface area contributed by atoms with Crippen molar-refractivity contribution in [2.24, 2.45) is 5.41 Å². The van der Waals surface area contributed by atoms with E-state index in [1.807, 2.05) is 0 Å². The highest BCUT2D eigenvalue weighted by Crippen LogP contribution is 2.19. The van der Waals surface area contributed by atoms with Crippen molar-refractivity contribution in [3.8, 4) is 0 Å². The van der Waals surface area contributed by atoms with Gasteiger partial charge in [-0.2, -0.15) is 0 Å². The minimum Gasteiger partial charge on any atom is -0.395 e. The van der Waals surface area contributed by atoms with Crippen LogP contribution in [-0.4, -0.2) is 37.4 Å². The standard InChI is InChI=1S/C8H16O4S/c1-8(2,3)7(10)6(5-9)13(4,11)12/h6,9H,5H2,1-4H3/t6-/m0/s1. The highest BCUT2D eigenvalue weighted by Gasteiger charge is 2.35. The molecule has 0 aromatic heterocycles. The van der Waals surface area contributed by atoms with Crippen LogP contribution in [0.5, 0.6) is 0 Å². The molecule has 0 bridgehead atoms. The van der Waals surface area contributed by atoms with Crippen LogP contribution in [0.1, 0.15) is 20.8 Å². The predicted molar refractivity (Wildman–Crippen MR) is 50.2 cm³/mol.